The maximum atomic E-state index is 13.2. The molecule has 5 rings (SSSR count). The van der Waals surface area contributed by atoms with Gasteiger partial charge in [-0.2, -0.15) is 0 Å². The average Bonchev–Trinajstić information content (AvgIpc) is 3.16. The number of nitrogens with one attached hydrogen (secondary N) is 1. The quantitative estimate of drug-likeness (QED) is 0.688. The molecule has 0 bridgehead atoms. The average molecular weight is 390 g/mol. The van der Waals surface area contributed by atoms with Crippen LogP contribution in [0.15, 0.2) is 52.3 Å². The van der Waals surface area contributed by atoms with Gasteiger partial charge in [0.05, 0.1) is 5.57 Å². The zero-order valence-electron chi connectivity index (χ0n) is 15.5. The van der Waals surface area contributed by atoms with Crippen molar-refractivity contribution >= 4 is 34.2 Å². The van der Waals surface area contributed by atoms with Crippen LogP contribution in [0.3, 0.4) is 0 Å². The normalized spacial score (nSPS) is 17.1. The minimum Gasteiger partial charge on any atom is -0.334 e. The second-order valence-electron chi connectivity index (χ2n) is 7.15. The van der Waals surface area contributed by atoms with Gasteiger partial charge in [-0.3, -0.25) is 14.2 Å². The molecular formula is C21H18N4O2S. The lowest BCUT2D eigenvalue weighted by molar-refractivity contribution is -0.110. The summed E-state index contributed by atoms with van der Waals surface area (Å²) in [5.74, 6) is -0.233. The second kappa shape index (κ2) is 6.17. The van der Waals surface area contributed by atoms with E-state index in [1.807, 2.05) is 24.3 Å². The number of aryl methyl sites for hydroxylation is 2. The van der Waals surface area contributed by atoms with Gasteiger partial charge < -0.3 is 10.2 Å². The summed E-state index contributed by atoms with van der Waals surface area (Å²) in [6, 6.07) is 13.8. The number of nitrogens with zero attached hydrogens (tertiary/aromatic N) is 3. The lowest BCUT2D eigenvalue weighted by Crippen LogP contribution is -2.43. The van der Waals surface area contributed by atoms with Crippen LogP contribution >= 0.6 is 11.3 Å². The number of anilines is 2. The van der Waals surface area contributed by atoms with E-state index in [4.69, 9.17) is 0 Å². The highest BCUT2D eigenvalue weighted by Gasteiger charge is 2.27. The molecule has 2 aliphatic rings. The third-order valence-corrected chi connectivity index (χ3v) is 6.14. The Balaban J connectivity index is 1.64. The Morgan fingerprint density at radius 3 is 2.61 bits per heavy atom. The topological polar surface area (TPSA) is 66.7 Å². The van der Waals surface area contributed by atoms with Crippen LogP contribution in [0.1, 0.15) is 16.7 Å². The summed E-state index contributed by atoms with van der Waals surface area (Å²) in [4.78, 5) is 33.0. The number of amides is 1. The smallest absolute Gasteiger partial charge is 0.272 e. The van der Waals surface area contributed by atoms with E-state index < -0.39 is 0 Å². The Hall–Kier alpha value is -3.19. The van der Waals surface area contributed by atoms with Crippen LogP contribution in [-0.4, -0.2) is 17.1 Å². The van der Waals surface area contributed by atoms with Crippen molar-refractivity contribution in [2.45, 2.75) is 20.5 Å². The SMILES string of the molecule is Cc1cc(C)cc(N2CN=c3s/c(=C4\C(=O)Nc5ccccc54)c(=O)n3C2)c1. The van der Waals surface area contributed by atoms with Gasteiger partial charge in [0.25, 0.3) is 11.5 Å². The zero-order chi connectivity index (χ0) is 19.4. The minimum atomic E-state index is -0.233. The predicted octanol–water partition coefficient (Wildman–Crippen LogP) is 1.73. The van der Waals surface area contributed by atoms with Crippen LogP contribution in [0.4, 0.5) is 11.4 Å². The molecular weight excluding hydrogens is 372 g/mol. The number of carbonyl (C=O) groups is 1. The fourth-order valence-electron chi connectivity index (χ4n) is 3.80. The monoisotopic (exact) mass is 390 g/mol. The second-order valence-corrected chi connectivity index (χ2v) is 8.13. The molecule has 0 saturated carbocycles. The standard InChI is InChI=1S/C21H18N4O2S/c1-12-7-13(2)9-14(8-12)24-10-22-21-25(11-24)20(27)18(28-21)17-15-5-3-4-6-16(15)23-19(17)26/h3-9H,10-11H2,1-2H3,(H,23,26)/b18-17-. The lowest BCUT2D eigenvalue weighted by atomic mass is 10.1. The van der Waals surface area contributed by atoms with Crippen molar-refractivity contribution in [3.63, 3.8) is 0 Å². The maximum absolute atomic E-state index is 13.2. The number of fused-ring (bicyclic) bond motifs is 2. The maximum Gasteiger partial charge on any atom is 0.272 e. The summed E-state index contributed by atoms with van der Waals surface area (Å²) in [7, 11) is 0. The number of hydrogen-bond acceptors (Lipinski definition) is 5. The van der Waals surface area contributed by atoms with Gasteiger partial charge in [0, 0.05) is 16.9 Å². The van der Waals surface area contributed by atoms with E-state index in [0.29, 0.717) is 28.2 Å². The highest BCUT2D eigenvalue weighted by molar-refractivity contribution is 7.07. The van der Waals surface area contributed by atoms with Gasteiger partial charge >= 0.3 is 0 Å². The summed E-state index contributed by atoms with van der Waals surface area (Å²) in [5, 5.41) is 2.84. The molecule has 3 aromatic rings. The summed E-state index contributed by atoms with van der Waals surface area (Å²) in [5.41, 5.74) is 5.19. The Morgan fingerprint density at radius 1 is 1.07 bits per heavy atom. The summed E-state index contributed by atoms with van der Waals surface area (Å²) >= 11 is 1.29. The fourth-order valence-corrected chi connectivity index (χ4v) is 4.86. The van der Waals surface area contributed by atoms with Crippen molar-refractivity contribution in [2.75, 3.05) is 16.9 Å². The van der Waals surface area contributed by atoms with E-state index in [1.165, 1.54) is 22.5 Å². The first-order valence-electron chi connectivity index (χ1n) is 9.04. The molecule has 6 nitrogen and oxygen atoms in total. The van der Waals surface area contributed by atoms with Gasteiger partial charge in [0.15, 0.2) is 4.80 Å². The molecule has 2 aromatic carbocycles. The lowest BCUT2D eigenvalue weighted by Gasteiger charge is -2.26. The van der Waals surface area contributed by atoms with Crippen LogP contribution < -0.4 is 25.1 Å². The van der Waals surface area contributed by atoms with E-state index in [-0.39, 0.29) is 11.5 Å². The van der Waals surface area contributed by atoms with E-state index in [9.17, 15) is 9.59 Å². The molecule has 28 heavy (non-hydrogen) atoms. The zero-order valence-corrected chi connectivity index (χ0v) is 16.3. The van der Waals surface area contributed by atoms with Crippen molar-refractivity contribution in [3.05, 3.63) is 78.8 Å². The first-order chi connectivity index (χ1) is 13.5. The number of aromatic nitrogens is 1. The van der Waals surface area contributed by atoms with Gasteiger partial charge in [0.1, 0.15) is 17.9 Å². The molecule has 7 heteroatoms. The van der Waals surface area contributed by atoms with Crippen LogP contribution in [-0.2, 0) is 11.5 Å². The molecule has 140 valence electrons. The third kappa shape index (κ3) is 2.58. The fraction of sp³-hybridized carbons (Fsp3) is 0.190. The number of para-hydroxylation sites is 1. The number of thiazole rings is 1. The van der Waals surface area contributed by atoms with E-state index in [2.05, 4.69) is 47.3 Å². The molecule has 0 aliphatic carbocycles. The first-order valence-corrected chi connectivity index (χ1v) is 9.85. The van der Waals surface area contributed by atoms with E-state index in [1.54, 1.807) is 4.57 Å². The molecule has 0 atom stereocenters. The van der Waals surface area contributed by atoms with Crippen molar-refractivity contribution in [1.82, 2.24) is 4.57 Å². The summed E-state index contributed by atoms with van der Waals surface area (Å²) in [6.45, 7) is 5.03. The predicted molar refractivity (Wildman–Crippen MR) is 110 cm³/mol. The van der Waals surface area contributed by atoms with Gasteiger partial charge in [0.2, 0.25) is 0 Å². The van der Waals surface area contributed by atoms with Gasteiger partial charge in [-0.1, -0.05) is 35.6 Å². The molecule has 0 unspecified atom stereocenters. The van der Waals surface area contributed by atoms with Crippen molar-refractivity contribution in [3.8, 4) is 0 Å². The molecule has 0 fully saturated rings. The molecule has 1 N–H and O–H groups in total. The number of carbonyl (C=O) groups excluding carboxylic acids is 1. The Labute approximate surface area is 165 Å². The molecule has 0 spiro atoms. The van der Waals surface area contributed by atoms with E-state index >= 15 is 0 Å². The van der Waals surface area contributed by atoms with Gasteiger partial charge in [-0.15, -0.1) is 0 Å². The van der Waals surface area contributed by atoms with Crippen molar-refractivity contribution < 1.29 is 4.79 Å². The molecule has 0 saturated heterocycles. The van der Waals surface area contributed by atoms with Crippen molar-refractivity contribution in [2.24, 2.45) is 4.99 Å². The highest BCUT2D eigenvalue weighted by atomic mass is 32.1. The van der Waals surface area contributed by atoms with Crippen molar-refractivity contribution in [1.29, 1.82) is 0 Å². The third-order valence-electron chi connectivity index (χ3n) is 5.02. The van der Waals surface area contributed by atoms with Gasteiger partial charge in [-0.05, 0) is 43.2 Å². The number of benzene rings is 2. The Morgan fingerprint density at radius 2 is 1.82 bits per heavy atom. The minimum absolute atomic E-state index is 0.167. The first kappa shape index (κ1) is 16.9. The van der Waals surface area contributed by atoms with Crippen LogP contribution in [0, 0.1) is 13.8 Å². The number of rotatable bonds is 1. The molecule has 1 amide bonds. The van der Waals surface area contributed by atoms with E-state index in [0.717, 1.165) is 16.9 Å². The van der Waals surface area contributed by atoms with Crippen LogP contribution in [0.25, 0.3) is 5.57 Å². The Kier molecular flexibility index (Phi) is 3.73. The van der Waals surface area contributed by atoms with Crippen LogP contribution in [0.5, 0.6) is 0 Å². The highest BCUT2D eigenvalue weighted by Crippen LogP contribution is 2.29. The molecule has 0 radical (unpaired) electrons. The molecule has 1 aromatic heterocycles. The summed E-state index contributed by atoms with van der Waals surface area (Å²) < 4.78 is 2.10. The van der Waals surface area contributed by atoms with Crippen LogP contribution in [0.2, 0.25) is 0 Å². The largest absolute Gasteiger partial charge is 0.334 e. The van der Waals surface area contributed by atoms with Gasteiger partial charge in [-0.25, -0.2) is 4.99 Å². The molecule has 3 heterocycles. The molecule has 2 aliphatic heterocycles. The number of hydrogen-bond donors (Lipinski definition) is 1. The summed E-state index contributed by atoms with van der Waals surface area (Å²) in [6.07, 6.45) is 0. The Bertz CT molecular complexity index is 1300.